The molecule has 120 valence electrons. The molecule has 0 atom stereocenters. The van der Waals surface area contributed by atoms with E-state index in [1.165, 1.54) is 7.11 Å². The molecule has 0 fully saturated rings. The first kappa shape index (κ1) is 18.2. The van der Waals surface area contributed by atoms with Crippen molar-refractivity contribution in [3.63, 3.8) is 0 Å². The summed E-state index contributed by atoms with van der Waals surface area (Å²) in [6, 6.07) is 7.22. The molecule has 1 rings (SSSR count). The molecule has 6 heteroatoms. The lowest BCUT2D eigenvalue weighted by molar-refractivity contribution is -0.145. The quantitative estimate of drug-likeness (QED) is 0.472. The smallest absolute Gasteiger partial charge is 0.331 e. The van der Waals surface area contributed by atoms with E-state index in [4.69, 9.17) is 14.6 Å². The zero-order valence-electron chi connectivity index (χ0n) is 12.6. The maximum absolute atomic E-state index is 10.8. The van der Waals surface area contributed by atoms with Crippen molar-refractivity contribution in [3.8, 4) is 23.7 Å². The first-order valence-corrected chi connectivity index (χ1v) is 6.63. The van der Waals surface area contributed by atoms with Crippen molar-refractivity contribution in [1.29, 1.82) is 0 Å². The summed E-state index contributed by atoms with van der Waals surface area (Å²) < 4.78 is 14.2. The lowest BCUT2D eigenvalue weighted by atomic mass is 10.1. The van der Waals surface area contributed by atoms with Gasteiger partial charge in [-0.25, -0.2) is 9.59 Å². The molecule has 0 aromatic heterocycles. The molecule has 23 heavy (non-hydrogen) atoms. The number of methoxy groups -OCH3 is 1. The molecular formula is C17H16O6. The van der Waals surface area contributed by atoms with Crippen LogP contribution in [0, 0.1) is 23.7 Å². The van der Waals surface area contributed by atoms with Crippen molar-refractivity contribution < 1.29 is 28.9 Å². The van der Waals surface area contributed by atoms with E-state index >= 15 is 0 Å². The Bertz CT molecular complexity index is 657. The number of hydrogen-bond donors (Lipinski definition) is 1. The van der Waals surface area contributed by atoms with Crippen LogP contribution in [0.25, 0.3) is 0 Å². The third-order valence-corrected chi connectivity index (χ3v) is 2.35. The number of hydrogen-bond acceptors (Lipinski definition) is 5. The molecule has 0 heterocycles. The molecule has 0 spiro atoms. The van der Waals surface area contributed by atoms with Crippen molar-refractivity contribution in [2.45, 2.75) is 0 Å². The number of carboxylic acids is 1. The Morgan fingerprint density at radius 2 is 1.61 bits per heavy atom. The van der Waals surface area contributed by atoms with Gasteiger partial charge in [-0.05, 0) is 18.2 Å². The minimum atomic E-state index is -1.03. The van der Waals surface area contributed by atoms with Crippen molar-refractivity contribution in [2.24, 2.45) is 0 Å². The van der Waals surface area contributed by atoms with Gasteiger partial charge in [0.05, 0.1) is 7.11 Å². The standard InChI is InChI=1S/C17H16O6/c1-21-17(20)13-23-10-4-8-15-6-2-5-14(11-15)7-3-9-22-12-16(18)19/h2,5-6,11H,9-10,12-13H2,1H3,(H,18,19). The highest BCUT2D eigenvalue weighted by atomic mass is 16.6. The van der Waals surface area contributed by atoms with Crippen LogP contribution in [-0.4, -0.2) is 50.6 Å². The fourth-order valence-corrected chi connectivity index (χ4v) is 1.38. The van der Waals surface area contributed by atoms with Gasteiger partial charge in [-0.1, -0.05) is 29.7 Å². The number of aliphatic carboxylic acids is 1. The van der Waals surface area contributed by atoms with Crippen LogP contribution in [0.1, 0.15) is 11.1 Å². The minimum Gasteiger partial charge on any atom is -0.480 e. The summed E-state index contributed by atoms with van der Waals surface area (Å²) in [5.41, 5.74) is 1.50. The van der Waals surface area contributed by atoms with Gasteiger partial charge in [-0.15, -0.1) is 0 Å². The maximum atomic E-state index is 10.8. The molecule has 1 aromatic carbocycles. The molecule has 0 unspecified atom stereocenters. The Kier molecular flexibility index (Phi) is 8.62. The predicted molar refractivity (Wildman–Crippen MR) is 81.5 cm³/mol. The van der Waals surface area contributed by atoms with Crippen molar-refractivity contribution >= 4 is 11.9 Å². The number of benzene rings is 1. The summed E-state index contributed by atoms with van der Waals surface area (Å²) in [5, 5.41) is 8.41. The van der Waals surface area contributed by atoms with E-state index < -0.39 is 11.9 Å². The second-order valence-electron chi connectivity index (χ2n) is 4.14. The number of carbonyl (C=O) groups is 2. The molecule has 0 amide bonds. The van der Waals surface area contributed by atoms with Gasteiger partial charge < -0.3 is 19.3 Å². The summed E-state index contributed by atoms with van der Waals surface area (Å²) in [5.74, 6) is 9.76. The number of rotatable bonds is 6. The Balaban J connectivity index is 2.46. The van der Waals surface area contributed by atoms with Gasteiger partial charge in [-0.3, -0.25) is 0 Å². The summed E-state index contributed by atoms with van der Waals surface area (Å²) in [6.45, 7) is -0.337. The Morgan fingerprint density at radius 3 is 2.13 bits per heavy atom. The average Bonchev–Trinajstić information content (AvgIpc) is 2.54. The number of carbonyl (C=O) groups excluding carboxylic acids is 1. The second-order valence-corrected chi connectivity index (χ2v) is 4.14. The van der Waals surface area contributed by atoms with E-state index in [0.717, 1.165) is 11.1 Å². The number of carboxylic acid groups (broad SMARTS) is 1. The van der Waals surface area contributed by atoms with Crippen LogP contribution >= 0.6 is 0 Å². The topological polar surface area (TPSA) is 82.1 Å². The number of ether oxygens (including phenoxy) is 3. The molecule has 0 aliphatic rings. The molecule has 1 N–H and O–H groups in total. The van der Waals surface area contributed by atoms with Crippen LogP contribution in [0.5, 0.6) is 0 Å². The van der Waals surface area contributed by atoms with Crippen LogP contribution in [0.2, 0.25) is 0 Å². The largest absolute Gasteiger partial charge is 0.480 e. The van der Waals surface area contributed by atoms with Gasteiger partial charge in [-0.2, -0.15) is 0 Å². The van der Waals surface area contributed by atoms with Gasteiger partial charge >= 0.3 is 11.9 Å². The summed E-state index contributed by atoms with van der Waals surface area (Å²) in [7, 11) is 1.29. The van der Waals surface area contributed by atoms with Crippen molar-refractivity contribution in [3.05, 3.63) is 35.4 Å². The van der Waals surface area contributed by atoms with Crippen LogP contribution in [0.3, 0.4) is 0 Å². The van der Waals surface area contributed by atoms with Gasteiger partial charge in [0.15, 0.2) is 0 Å². The molecule has 1 aromatic rings. The highest BCUT2D eigenvalue weighted by Gasteiger charge is 1.97. The number of esters is 1. The molecular weight excluding hydrogens is 300 g/mol. The highest BCUT2D eigenvalue weighted by Crippen LogP contribution is 2.02. The lowest BCUT2D eigenvalue weighted by Crippen LogP contribution is -2.10. The lowest BCUT2D eigenvalue weighted by Gasteiger charge is -1.97. The van der Waals surface area contributed by atoms with Gasteiger partial charge in [0.25, 0.3) is 0 Å². The third-order valence-electron chi connectivity index (χ3n) is 2.35. The monoisotopic (exact) mass is 316 g/mol. The molecule has 6 nitrogen and oxygen atoms in total. The van der Waals surface area contributed by atoms with E-state index in [1.54, 1.807) is 12.1 Å². The summed E-state index contributed by atoms with van der Waals surface area (Å²) in [4.78, 5) is 21.1. The first-order chi connectivity index (χ1) is 11.1. The van der Waals surface area contributed by atoms with Crippen molar-refractivity contribution in [1.82, 2.24) is 0 Å². The minimum absolute atomic E-state index is 0.0452. The Labute approximate surface area is 134 Å². The van der Waals surface area contributed by atoms with E-state index in [0.29, 0.717) is 0 Å². The van der Waals surface area contributed by atoms with E-state index in [1.807, 2.05) is 12.1 Å². The van der Waals surface area contributed by atoms with Gasteiger partial charge in [0.1, 0.15) is 26.4 Å². The average molecular weight is 316 g/mol. The van der Waals surface area contributed by atoms with Crippen LogP contribution in [-0.2, 0) is 23.8 Å². The van der Waals surface area contributed by atoms with E-state index in [9.17, 15) is 9.59 Å². The van der Waals surface area contributed by atoms with Gasteiger partial charge in [0.2, 0.25) is 0 Å². The summed E-state index contributed by atoms with van der Waals surface area (Å²) in [6.07, 6.45) is 0. The normalized spacial score (nSPS) is 9.09. The fraction of sp³-hybridized carbons (Fsp3) is 0.294. The molecule has 0 aliphatic heterocycles. The first-order valence-electron chi connectivity index (χ1n) is 6.63. The van der Waals surface area contributed by atoms with Crippen LogP contribution in [0.15, 0.2) is 24.3 Å². The van der Waals surface area contributed by atoms with E-state index in [-0.39, 0.29) is 26.4 Å². The predicted octanol–water partition coefficient (Wildman–Crippen LogP) is 0.680. The maximum Gasteiger partial charge on any atom is 0.331 e. The summed E-state index contributed by atoms with van der Waals surface area (Å²) >= 11 is 0. The molecule has 0 aliphatic carbocycles. The van der Waals surface area contributed by atoms with Crippen LogP contribution < -0.4 is 0 Å². The molecule has 0 saturated heterocycles. The van der Waals surface area contributed by atoms with Gasteiger partial charge in [0, 0.05) is 11.1 Å². The Hall–Kier alpha value is -2.80. The zero-order valence-corrected chi connectivity index (χ0v) is 12.6. The highest BCUT2D eigenvalue weighted by molar-refractivity contribution is 5.70. The SMILES string of the molecule is COC(=O)COCC#Cc1cccc(C#CCOCC(=O)O)c1. The molecule has 0 bridgehead atoms. The Morgan fingerprint density at radius 1 is 1.04 bits per heavy atom. The van der Waals surface area contributed by atoms with Crippen LogP contribution in [0.4, 0.5) is 0 Å². The zero-order chi connectivity index (χ0) is 16.9. The molecule has 0 radical (unpaired) electrons. The molecule has 0 saturated carbocycles. The fourth-order valence-electron chi connectivity index (χ4n) is 1.38. The van der Waals surface area contributed by atoms with E-state index in [2.05, 4.69) is 28.4 Å². The third kappa shape index (κ3) is 8.94. The van der Waals surface area contributed by atoms with Crippen molar-refractivity contribution in [2.75, 3.05) is 33.5 Å². The second kappa shape index (κ2) is 10.9.